The molecule has 0 bridgehead atoms. The van der Waals surface area contributed by atoms with Crippen molar-refractivity contribution in [2.45, 2.75) is 38.8 Å². The predicted octanol–water partition coefficient (Wildman–Crippen LogP) is 13.6. The molecule has 50 heavy (non-hydrogen) atoms. The fourth-order valence-corrected chi connectivity index (χ4v) is 8.54. The van der Waals surface area contributed by atoms with Gasteiger partial charge in [0.05, 0.1) is 11.2 Å². The smallest absolute Gasteiger partial charge is 0.0716 e. The van der Waals surface area contributed by atoms with E-state index in [2.05, 4.69) is 181 Å². The number of hydrogen-bond acceptors (Lipinski definition) is 1. The molecule has 0 fully saturated rings. The maximum atomic E-state index is 5.15. The normalized spacial score (nSPS) is 11.9. The Morgan fingerprint density at radius 3 is 1.64 bits per heavy atom. The second-order valence-electron chi connectivity index (χ2n) is 13.2. The van der Waals surface area contributed by atoms with E-state index in [1.54, 1.807) is 0 Å². The lowest BCUT2D eigenvalue weighted by Gasteiger charge is -2.11. The molecule has 0 saturated heterocycles. The molecule has 3 nitrogen and oxygen atoms in total. The molecule has 6 aromatic carbocycles. The number of fused-ring (bicyclic) bond motifs is 7. The highest BCUT2D eigenvalue weighted by Crippen LogP contribution is 2.37. The van der Waals surface area contributed by atoms with E-state index in [-0.39, 0.29) is 0 Å². The molecule has 0 amide bonds. The number of rotatable bonds is 9. The first-order valence-corrected chi connectivity index (χ1v) is 19.0. The molecule has 0 atom stereocenters. The van der Waals surface area contributed by atoms with E-state index >= 15 is 0 Å². The molecule has 9 rings (SSSR count). The van der Waals surface area contributed by atoms with E-state index in [1.807, 2.05) is 0 Å². The molecule has 0 saturated carbocycles. The number of pyridine rings is 1. The lowest BCUT2D eigenvalue weighted by Crippen LogP contribution is -2.00. The van der Waals surface area contributed by atoms with Crippen molar-refractivity contribution in [3.8, 4) is 22.4 Å². The number of halogens is 2. The first-order valence-electron chi connectivity index (χ1n) is 17.5. The van der Waals surface area contributed by atoms with Crippen LogP contribution in [-0.2, 0) is 13.1 Å². The number of aryl methyl sites for hydroxylation is 2. The van der Waals surface area contributed by atoms with Crippen LogP contribution in [0.15, 0.2) is 148 Å². The van der Waals surface area contributed by atoms with Crippen LogP contribution in [0.25, 0.3) is 76.9 Å². The average Bonchev–Trinajstić information content (AvgIpc) is 3.63. The van der Waals surface area contributed by atoms with Crippen LogP contribution in [0.4, 0.5) is 0 Å². The Balaban J connectivity index is 0.961. The standard InChI is InChI=1S/C45H35Br2N3/c46-32-19-22-44-38(27-32)39-28-33(47)20-23-45(39)50(44)25-11-2-1-10-24-49-42-17-9-7-15-35(42)37-26-31(18-21-43(37)49)41-29-36(30-12-4-3-5-13-30)34-14-6-8-16-40(34)48-41/h3-9,12-23,26-29H,1-2,10-11,24-25H2. The van der Waals surface area contributed by atoms with Crippen molar-refractivity contribution < 1.29 is 0 Å². The Kier molecular flexibility index (Phi) is 8.26. The van der Waals surface area contributed by atoms with Crippen LogP contribution in [0.2, 0.25) is 0 Å². The van der Waals surface area contributed by atoms with Crippen LogP contribution in [0, 0.1) is 0 Å². The molecule has 0 aliphatic heterocycles. The van der Waals surface area contributed by atoms with E-state index in [9.17, 15) is 0 Å². The van der Waals surface area contributed by atoms with Gasteiger partial charge in [0.2, 0.25) is 0 Å². The summed E-state index contributed by atoms with van der Waals surface area (Å²) < 4.78 is 7.27. The van der Waals surface area contributed by atoms with Gasteiger partial charge in [-0.1, -0.05) is 117 Å². The Morgan fingerprint density at radius 2 is 0.960 bits per heavy atom. The summed E-state index contributed by atoms with van der Waals surface area (Å²) in [6.45, 7) is 2.03. The van der Waals surface area contributed by atoms with Gasteiger partial charge in [0.25, 0.3) is 0 Å². The lowest BCUT2D eigenvalue weighted by atomic mass is 9.98. The van der Waals surface area contributed by atoms with E-state index in [0.29, 0.717) is 0 Å². The molecule has 0 unspecified atom stereocenters. The molecule has 3 heterocycles. The van der Waals surface area contributed by atoms with Crippen molar-refractivity contribution in [3.63, 3.8) is 0 Å². The maximum Gasteiger partial charge on any atom is 0.0716 e. The van der Waals surface area contributed by atoms with Gasteiger partial charge in [0, 0.05) is 76.6 Å². The molecule has 0 radical (unpaired) electrons. The molecule has 0 N–H and O–H groups in total. The van der Waals surface area contributed by atoms with Gasteiger partial charge in [-0.15, -0.1) is 0 Å². The Bertz CT molecular complexity index is 2630. The van der Waals surface area contributed by atoms with Gasteiger partial charge < -0.3 is 9.13 Å². The monoisotopic (exact) mass is 775 g/mol. The zero-order chi connectivity index (χ0) is 33.6. The summed E-state index contributed by atoms with van der Waals surface area (Å²) in [7, 11) is 0. The second-order valence-corrected chi connectivity index (χ2v) is 15.1. The Hall–Kier alpha value is -4.71. The van der Waals surface area contributed by atoms with Crippen LogP contribution in [0.5, 0.6) is 0 Å². The average molecular weight is 778 g/mol. The molecular weight excluding hydrogens is 742 g/mol. The summed E-state index contributed by atoms with van der Waals surface area (Å²) in [5, 5.41) is 6.38. The van der Waals surface area contributed by atoms with Gasteiger partial charge in [-0.05, 0) is 90.7 Å². The molecule has 0 spiro atoms. The fourth-order valence-electron chi connectivity index (χ4n) is 7.82. The minimum atomic E-state index is 1.00. The number of hydrogen-bond donors (Lipinski definition) is 0. The van der Waals surface area contributed by atoms with Crippen molar-refractivity contribution in [2.24, 2.45) is 0 Å². The third kappa shape index (κ3) is 5.63. The van der Waals surface area contributed by atoms with E-state index in [0.717, 1.165) is 51.7 Å². The van der Waals surface area contributed by atoms with E-state index in [1.165, 1.54) is 73.0 Å². The van der Waals surface area contributed by atoms with Crippen molar-refractivity contribution in [1.82, 2.24) is 14.1 Å². The van der Waals surface area contributed by atoms with E-state index < -0.39 is 0 Å². The minimum absolute atomic E-state index is 1.00. The van der Waals surface area contributed by atoms with Gasteiger partial charge >= 0.3 is 0 Å². The summed E-state index contributed by atoms with van der Waals surface area (Å²) in [5.41, 5.74) is 10.8. The molecular formula is C45H35Br2N3. The highest BCUT2D eigenvalue weighted by Gasteiger charge is 2.15. The van der Waals surface area contributed by atoms with Crippen LogP contribution < -0.4 is 0 Å². The van der Waals surface area contributed by atoms with Crippen molar-refractivity contribution in [3.05, 3.63) is 148 Å². The van der Waals surface area contributed by atoms with Gasteiger partial charge in [-0.25, -0.2) is 4.98 Å². The van der Waals surface area contributed by atoms with Crippen LogP contribution in [-0.4, -0.2) is 14.1 Å². The van der Waals surface area contributed by atoms with Crippen LogP contribution >= 0.6 is 31.9 Å². The van der Waals surface area contributed by atoms with Gasteiger partial charge in [0.15, 0.2) is 0 Å². The summed E-state index contributed by atoms with van der Waals surface area (Å²) in [6, 6.07) is 50.5. The first kappa shape index (κ1) is 31.3. The van der Waals surface area contributed by atoms with Crippen LogP contribution in [0.1, 0.15) is 25.7 Å². The second kappa shape index (κ2) is 13.2. The topological polar surface area (TPSA) is 22.8 Å². The molecule has 5 heteroatoms. The number of unbranched alkanes of at least 4 members (excludes halogenated alkanes) is 3. The first-order chi connectivity index (χ1) is 24.6. The third-order valence-electron chi connectivity index (χ3n) is 10.2. The molecule has 244 valence electrons. The number of para-hydroxylation sites is 2. The number of aromatic nitrogens is 3. The van der Waals surface area contributed by atoms with Gasteiger partial charge in [-0.3, -0.25) is 0 Å². The largest absolute Gasteiger partial charge is 0.340 e. The number of benzene rings is 6. The summed E-state index contributed by atoms with van der Waals surface area (Å²) >= 11 is 7.36. The molecule has 0 aliphatic carbocycles. The summed E-state index contributed by atoms with van der Waals surface area (Å²) in [6.07, 6.45) is 4.71. The number of nitrogens with zero attached hydrogens (tertiary/aromatic N) is 3. The zero-order valence-corrected chi connectivity index (χ0v) is 30.8. The third-order valence-corrected chi connectivity index (χ3v) is 11.2. The van der Waals surface area contributed by atoms with Crippen molar-refractivity contribution >= 4 is 86.4 Å². The summed E-state index contributed by atoms with van der Waals surface area (Å²) in [4.78, 5) is 5.15. The Labute approximate surface area is 308 Å². The highest BCUT2D eigenvalue weighted by molar-refractivity contribution is 9.10. The minimum Gasteiger partial charge on any atom is -0.340 e. The predicted molar refractivity (Wildman–Crippen MR) is 219 cm³/mol. The molecule has 0 aliphatic rings. The van der Waals surface area contributed by atoms with Gasteiger partial charge in [-0.2, -0.15) is 0 Å². The highest BCUT2D eigenvalue weighted by atomic mass is 79.9. The molecule has 9 aromatic rings. The summed E-state index contributed by atoms with van der Waals surface area (Å²) in [5.74, 6) is 0. The van der Waals surface area contributed by atoms with Gasteiger partial charge in [0.1, 0.15) is 0 Å². The van der Waals surface area contributed by atoms with Crippen molar-refractivity contribution in [1.29, 1.82) is 0 Å². The fraction of sp³-hybridized carbons (Fsp3) is 0.133. The lowest BCUT2D eigenvalue weighted by molar-refractivity contribution is 0.559. The zero-order valence-electron chi connectivity index (χ0n) is 27.6. The quantitative estimate of drug-likeness (QED) is 0.134. The molecule has 3 aromatic heterocycles. The maximum absolute atomic E-state index is 5.15. The SMILES string of the molecule is Brc1ccc2c(c1)c1cc(Br)ccc1n2CCCCCCn1c2ccccc2c2cc(-c3cc(-c4ccccc4)c4ccccc4n3)ccc21. The Morgan fingerprint density at radius 1 is 0.420 bits per heavy atom. The van der Waals surface area contributed by atoms with Crippen LogP contribution in [0.3, 0.4) is 0 Å². The van der Waals surface area contributed by atoms with Crippen molar-refractivity contribution in [2.75, 3.05) is 0 Å². The van der Waals surface area contributed by atoms with E-state index in [4.69, 9.17) is 4.98 Å².